The molecule has 0 bridgehead atoms. The van der Waals surface area contributed by atoms with Gasteiger partial charge >= 0.3 is 5.69 Å². The Morgan fingerprint density at radius 2 is 1.75 bits per heavy atom. The number of rotatable bonds is 4. The number of alkyl halides is 2. The van der Waals surface area contributed by atoms with E-state index in [0.29, 0.717) is 34.2 Å². The van der Waals surface area contributed by atoms with Crippen molar-refractivity contribution in [1.29, 1.82) is 0 Å². The van der Waals surface area contributed by atoms with Crippen LogP contribution in [0.1, 0.15) is 5.69 Å². The predicted octanol–water partition coefficient (Wildman–Crippen LogP) is 3.53. The molecule has 1 N–H and O–H groups in total. The van der Waals surface area contributed by atoms with E-state index in [1.54, 1.807) is 60.9 Å². The van der Waals surface area contributed by atoms with Crippen molar-refractivity contribution in [3.05, 3.63) is 65.1 Å². The van der Waals surface area contributed by atoms with Crippen LogP contribution in [0.4, 0.5) is 20.5 Å². The quantitative estimate of drug-likeness (QED) is 0.414. The van der Waals surface area contributed by atoms with Crippen LogP contribution >= 0.6 is 0 Å². The van der Waals surface area contributed by atoms with E-state index in [4.69, 9.17) is 0 Å². The molecule has 0 atom stereocenters. The molecule has 1 fully saturated rings. The molecule has 1 aromatic carbocycles. The molecule has 5 heterocycles. The second-order valence-corrected chi connectivity index (χ2v) is 8.93. The average Bonchev–Trinajstić information content (AvgIpc) is 3.12. The van der Waals surface area contributed by atoms with Crippen molar-refractivity contribution in [2.24, 2.45) is 7.05 Å². The number of halogens is 2. The molecule has 0 amide bonds. The van der Waals surface area contributed by atoms with Crippen molar-refractivity contribution >= 4 is 33.7 Å². The summed E-state index contributed by atoms with van der Waals surface area (Å²) in [6, 6.07) is 9.25. The minimum Gasteiger partial charge on any atom is -0.357 e. The molecule has 9 nitrogen and oxygen atoms in total. The molecule has 0 aliphatic carbocycles. The van der Waals surface area contributed by atoms with Gasteiger partial charge in [0.25, 0.3) is 5.92 Å². The standard InChI is InChI=1S/C25H22F2N8O/c1-14-19(6-7-21(32-14)34-12-25(26,27)13-34)35-22-17-8-15(16-9-30-23(28-2)31-10-16)4-5-18(17)29-11-20(22)33(3)24(35)36/h4-11H,12-13H2,1-3H3,(H,28,30,31). The van der Waals surface area contributed by atoms with Crippen LogP contribution in [0, 0.1) is 6.92 Å². The van der Waals surface area contributed by atoms with Crippen molar-refractivity contribution in [2.45, 2.75) is 12.8 Å². The first-order chi connectivity index (χ1) is 17.3. The summed E-state index contributed by atoms with van der Waals surface area (Å²) in [5.41, 5.74) is 4.68. The number of aromatic nitrogens is 6. The van der Waals surface area contributed by atoms with Crippen LogP contribution in [0.2, 0.25) is 0 Å². The van der Waals surface area contributed by atoms with Crippen LogP contribution in [0.3, 0.4) is 0 Å². The van der Waals surface area contributed by atoms with Crippen molar-refractivity contribution in [3.63, 3.8) is 0 Å². The van der Waals surface area contributed by atoms with E-state index < -0.39 is 5.92 Å². The maximum Gasteiger partial charge on any atom is 0.333 e. The van der Waals surface area contributed by atoms with Gasteiger partial charge < -0.3 is 10.2 Å². The number of fused-ring (bicyclic) bond motifs is 3. The summed E-state index contributed by atoms with van der Waals surface area (Å²) in [5.74, 6) is -1.70. The van der Waals surface area contributed by atoms with E-state index >= 15 is 0 Å². The number of imidazole rings is 1. The van der Waals surface area contributed by atoms with E-state index in [-0.39, 0.29) is 18.8 Å². The van der Waals surface area contributed by atoms with Gasteiger partial charge in [0.2, 0.25) is 5.95 Å². The lowest BCUT2D eigenvalue weighted by molar-refractivity contribution is -0.0267. The highest BCUT2D eigenvalue weighted by Gasteiger charge is 2.44. The smallest absolute Gasteiger partial charge is 0.333 e. The van der Waals surface area contributed by atoms with E-state index in [9.17, 15) is 13.6 Å². The molecule has 0 unspecified atom stereocenters. The molecule has 5 aromatic rings. The van der Waals surface area contributed by atoms with Gasteiger partial charge in [-0.25, -0.2) is 28.5 Å². The number of hydrogen-bond donors (Lipinski definition) is 1. The van der Waals surface area contributed by atoms with Gasteiger partial charge in [-0.1, -0.05) is 6.07 Å². The summed E-state index contributed by atoms with van der Waals surface area (Å²) >= 11 is 0. The van der Waals surface area contributed by atoms with Crippen LogP contribution in [-0.4, -0.2) is 55.1 Å². The van der Waals surface area contributed by atoms with E-state index in [1.165, 1.54) is 4.90 Å². The van der Waals surface area contributed by atoms with Gasteiger partial charge in [-0.05, 0) is 36.8 Å². The molecule has 0 saturated carbocycles. The number of nitrogens with zero attached hydrogens (tertiary/aromatic N) is 7. The van der Waals surface area contributed by atoms with Crippen LogP contribution in [0.5, 0.6) is 0 Å². The van der Waals surface area contributed by atoms with Crippen molar-refractivity contribution in [2.75, 3.05) is 30.4 Å². The molecular weight excluding hydrogens is 466 g/mol. The minimum absolute atomic E-state index is 0.250. The molecule has 1 saturated heterocycles. The maximum absolute atomic E-state index is 13.4. The lowest BCUT2D eigenvalue weighted by Gasteiger charge is -2.39. The first-order valence-corrected chi connectivity index (χ1v) is 11.4. The van der Waals surface area contributed by atoms with Crippen LogP contribution < -0.4 is 15.9 Å². The van der Waals surface area contributed by atoms with Crippen molar-refractivity contribution < 1.29 is 8.78 Å². The largest absolute Gasteiger partial charge is 0.357 e. The third-order valence-electron chi connectivity index (χ3n) is 6.54. The Morgan fingerprint density at radius 1 is 1.00 bits per heavy atom. The number of anilines is 2. The Balaban J connectivity index is 1.54. The second kappa shape index (κ2) is 7.80. The highest BCUT2D eigenvalue weighted by molar-refractivity contribution is 6.04. The third-order valence-corrected chi connectivity index (χ3v) is 6.54. The lowest BCUT2D eigenvalue weighted by Crippen LogP contribution is -2.56. The van der Waals surface area contributed by atoms with Gasteiger partial charge in [-0.2, -0.15) is 0 Å². The Labute approximate surface area is 204 Å². The Kier molecular flexibility index (Phi) is 4.79. The van der Waals surface area contributed by atoms with Gasteiger partial charge in [0, 0.05) is 37.4 Å². The van der Waals surface area contributed by atoms with Gasteiger partial charge in [-0.15, -0.1) is 0 Å². The Bertz CT molecular complexity index is 1700. The average molecular weight is 489 g/mol. The predicted molar refractivity (Wildman–Crippen MR) is 134 cm³/mol. The van der Waals surface area contributed by atoms with E-state index in [2.05, 4.69) is 25.3 Å². The number of pyridine rings is 2. The van der Waals surface area contributed by atoms with Gasteiger partial charge in [0.05, 0.1) is 47.2 Å². The monoisotopic (exact) mass is 488 g/mol. The molecule has 1 aliphatic rings. The van der Waals surface area contributed by atoms with E-state index in [1.807, 2.05) is 18.2 Å². The fraction of sp³-hybridized carbons (Fsp3) is 0.240. The zero-order chi connectivity index (χ0) is 25.2. The van der Waals surface area contributed by atoms with Crippen LogP contribution in [-0.2, 0) is 7.05 Å². The lowest BCUT2D eigenvalue weighted by atomic mass is 10.1. The normalized spacial score (nSPS) is 14.9. The summed E-state index contributed by atoms with van der Waals surface area (Å²) in [6.45, 7) is 1.06. The van der Waals surface area contributed by atoms with Crippen molar-refractivity contribution in [3.8, 4) is 16.8 Å². The molecule has 0 spiro atoms. The second-order valence-electron chi connectivity index (χ2n) is 8.93. The Morgan fingerprint density at radius 3 is 2.42 bits per heavy atom. The van der Waals surface area contributed by atoms with Gasteiger partial charge in [0.15, 0.2) is 0 Å². The maximum atomic E-state index is 13.4. The SMILES string of the molecule is CNc1ncc(-c2ccc3ncc4c(c3c2)n(-c2ccc(N3CC(F)(F)C3)nc2C)c(=O)n4C)cn1. The zero-order valence-electron chi connectivity index (χ0n) is 19.8. The highest BCUT2D eigenvalue weighted by Crippen LogP contribution is 2.33. The fourth-order valence-corrected chi connectivity index (χ4v) is 4.63. The van der Waals surface area contributed by atoms with E-state index in [0.717, 1.165) is 22.0 Å². The van der Waals surface area contributed by atoms with Gasteiger partial charge in [0.1, 0.15) is 5.82 Å². The van der Waals surface area contributed by atoms with Gasteiger partial charge in [-0.3, -0.25) is 14.1 Å². The Hall–Kier alpha value is -4.41. The molecular formula is C25H22F2N8O. The minimum atomic E-state index is -2.69. The summed E-state index contributed by atoms with van der Waals surface area (Å²) in [5, 5.41) is 3.69. The van der Waals surface area contributed by atoms with Crippen LogP contribution in [0.25, 0.3) is 38.8 Å². The first kappa shape index (κ1) is 22.1. The molecule has 0 radical (unpaired) electrons. The molecule has 6 rings (SSSR count). The summed E-state index contributed by atoms with van der Waals surface area (Å²) in [6.07, 6.45) is 5.15. The topological polar surface area (TPSA) is 93.8 Å². The van der Waals surface area contributed by atoms with Crippen LogP contribution in [0.15, 0.2) is 53.7 Å². The molecule has 182 valence electrons. The first-order valence-electron chi connectivity index (χ1n) is 11.4. The number of aryl methyl sites for hydroxylation is 2. The number of nitrogens with one attached hydrogen (secondary N) is 1. The summed E-state index contributed by atoms with van der Waals surface area (Å²) in [4.78, 5) is 32.6. The number of hydrogen-bond acceptors (Lipinski definition) is 7. The van der Waals surface area contributed by atoms with Crippen molar-refractivity contribution in [1.82, 2.24) is 29.1 Å². The molecule has 36 heavy (non-hydrogen) atoms. The highest BCUT2D eigenvalue weighted by atomic mass is 19.3. The molecule has 1 aliphatic heterocycles. The molecule has 4 aromatic heterocycles. The zero-order valence-corrected chi connectivity index (χ0v) is 19.8. The third kappa shape index (κ3) is 3.38. The number of benzene rings is 1. The summed E-state index contributed by atoms with van der Waals surface area (Å²) in [7, 11) is 3.45. The summed E-state index contributed by atoms with van der Waals surface area (Å²) < 4.78 is 29.9. The molecule has 11 heteroatoms. The fourth-order valence-electron chi connectivity index (χ4n) is 4.63.